The van der Waals surface area contributed by atoms with Crippen LogP contribution in [0.25, 0.3) is 10.8 Å². The molecule has 33 heavy (non-hydrogen) atoms. The smallest absolute Gasteiger partial charge is 0.242 e. The van der Waals surface area contributed by atoms with Crippen molar-refractivity contribution >= 4 is 44.2 Å². The molecule has 0 radical (unpaired) electrons. The van der Waals surface area contributed by atoms with Crippen molar-refractivity contribution in [1.82, 2.24) is 14.5 Å². The maximum atomic E-state index is 13.0. The summed E-state index contributed by atoms with van der Waals surface area (Å²) in [5, 5.41) is 2.13. The number of hydrogen-bond acceptors (Lipinski definition) is 5. The number of carbonyl (C=O) groups is 2. The molecule has 178 valence electrons. The Morgan fingerprint density at radius 2 is 1.85 bits per heavy atom. The minimum absolute atomic E-state index is 0.0273. The fraction of sp³-hybridized carbons (Fsp3) is 0.478. The second-order valence-electron chi connectivity index (χ2n) is 8.57. The van der Waals surface area contributed by atoms with Gasteiger partial charge in [0.25, 0.3) is 0 Å². The molecule has 8 nitrogen and oxygen atoms in total. The van der Waals surface area contributed by atoms with Crippen LogP contribution in [-0.2, 0) is 24.3 Å². The van der Waals surface area contributed by atoms with Crippen LogP contribution in [0.3, 0.4) is 0 Å². The summed E-state index contributed by atoms with van der Waals surface area (Å²) in [5.41, 5.74) is 0. The van der Waals surface area contributed by atoms with Crippen LogP contribution in [0.15, 0.2) is 41.3 Å². The van der Waals surface area contributed by atoms with Crippen molar-refractivity contribution in [2.45, 2.75) is 42.7 Å². The number of fused-ring (bicyclic) bond motifs is 1. The van der Waals surface area contributed by atoms with Gasteiger partial charge in [0.05, 0.1) is 24.1 Å². The summed E-state index contributed by atoms with van der Waals surface area (Å²) in [4.78, 5) is 29.2. The quantitative estimate of drug-likeness (QED) is 0.639. The average Bonchev–Trinajstić information content (AvgIpc) is 3.24. The summed E-state index contributed by atoms with van der Waals surface area (Å²) in [6, 6.07) is 9.10. The van der Waals surface area contributed by atoms with Crippen LogP contribution >= 0.6 is 11.6 Å². The molecule has 0 spiro atoms. The molecule has 2 atom stereocenters. The van der Waals surface area contributed by atoms with E-state index >= 15 is 0 Å². The van der Waals surface area contributed by atoms with Crippen LogP contribution < -0.4 is 4.72 Å². The fourth-order valence-electron chi connectivity index (χ4n) is 4.61. The lowest BCUT2D eigenvalue weighted by Crippen LogP contribution is -2.55. The van der Waals surface area contributed by atoms with E-state index in [9.17, 15) is 18.0 Å². The van der Waals surface area contributed by atoms with E-state index in [0.717, 1.165) is 23.6 Å². The SMILES string of the molecule is COCC1CCCN1C(=O)CN1CCCC(NS(=O)(=O)c2ccc3cc(Cl)ccc3c2)C1=O. The van der Waals surface area contributed by atoms with E-state index < -0.39 is 16.1 Å². The molecule has 0 aliphatic carbocycles. The standard InChI is InChI=1S/C23H28ClN3O5S/c1-32-15-19-4-2-11-27(19)22(28)14-26-10-3-5-21(23(26)29)25-33(30,31)20-9-7-16-12-18(24)8-6-17(16)13-20/h6-9,12-13,19,21,25H,2-5,10-11,14-15H2,1H3. The maximum Gasteiger partial charge on any atom is 0.242 e. The van der Waals surface area contributed by atoms with Gasteiger partial charge in [-0.25, -0.2) is 8.42 Å². The number of halogens is 1. The monoisotopic (exact) mass is 493 g/mol. The molecule has 10 heteroatoms. The zero-order valence-electron chi connectivity index (χ0n) is 18.5. The molecule has 0 aromatic heterocycles. The second kappa shape index (κ2) is 9.97. The Hall–Kier alpha value is -2.20. The minimum atomic E-state index is -3.92. The summed E-state index contributed by atoms with van der Waals surface area (Å²) < 4.78 is 33.8. The van der Waals surface area contributed by atoms with Gasteiger partial charge in [-0.3, -0.25) is 9.59 Å². The molecule has 4 rings (SSSR count). The van der Waals surface area contributed by atoms with E-state index in [1.165, 1.54) is 11.0 Å². The number of piperidine rings is 1. The highest BCUT2D eigenvalue weighted by molar-refractivity contribution is 7.89. The number of sulfonamides is 1. The summed E-state index contributed by atoms with van der Waals surface area (Å²) in [5.74, 6) is -0.493. The largest absolute Gasteiger partial charge is 0.383 e. The van der Waals surface area contributed by atoms with Crippen molar-refractivity contribution in [3.63, 3.8) is 0 Å². The van der Waals surface area contributed by atoms with Gasteiger partial charge in [0.1, 0.15) is 6.04 Å². The van der Waals surface area contributed by atoms with Crippen molar-refractivity contribution in [3.8, 4) is 0 Å². The third-order valence-corrected chi connectivity index (χ3v) is 8.00. The highest BCUT2D eigenvalue weighted by atomic mass is 35.5. The zero-order valence-corrected chi connectivity index (χ0v) is 20.1. The molecular weight excluding hydrogens is 466 g/mol. The molecule has 0 bridgehead atoms. The third kappa shape index (κ3) is 5.32. The van der Waals surface area contributed by atoms with Crippen molar-refractivity contribution < 1.29 is 22.7 Å². The Bertz CT molecular complexity index is 1160. The second-order valence-corrected chi connectivity index (χ2v) is 10.7. The minimum Gasteiger partial charge on any atom is -0.383 e. The number of ether oxygens (including phenoxy) is 1. The first-order valence-electron chi connectivity index (χ1n) is 11.1. The predicted molar refractivity (Wildman–Crippen MR) is 125 cm³/mol. The van der Waals surface area contributed by atoms with Crippen LogP contribution in [0.5, 0.6) is 0 Å². The number of benzene rings is 2. The van der Waals surface area contributed by atoms with Crippen molar-refractivity contribution in [1.29, 1.82) is 0 Å². The number of methoxy groups -OCH3 is 1. The first-order valence-corrected chi connectivity index (χ1v) is 12.9. The Labute approximate surface area is 198 Å². The van der Waals surface area contributed by atoms with E-state index in [0.29, 0.717) is 37.6 Å². The first-order chi connectivity index (χ1) is 15.8. The number of likely N-dealkylation sites (tertiary alicyclic amines) is 2. The van der Waals surface area contributed by atoms with Gasteiger partial charge in [-0.1, -0.05) is 23.7 Å². The molecule has 2 fully saturated rings. The lowest BCUT2D eigenvalue weighted by molar-refractivity contribution is -0.144. The van der Waals surface area contributed by atoms with Gasteiger partial charge >= 0.3 is 0 Å². The molecule has 1 N–H and O–H groups in total. The van der Waals surface area contributed by atoms with Gasteiger partial charge in [-0.05, 0) is 60.7 Å². The highest BCUT2D eigenvalue weighted by Gasteiger charge is 2.36. The fourth-order valence-corrected chi connectivity index (χ4v) is 6.05. The molecule has 2 aliphatic rings. The van der Waals surface area contributed by atoms with Gasteiger partial charge in [-0.15, -0.1) is 0 Å². The van der Waals surface area contributed by atoms with Crippen LogP contribution in [0.4, 0.5) is 0 Å². The summed E-state index contributed by atoms with van der Waals surface area (Å²) in [6.45, 7) is 1.51. The molecule has 2 unspecified atom stereocenters. The van der Waals surface area contributed by atoms with E-state index in [1.807, 2.05) is 0 Å². The van der Waals surface area contributed by atoms with Crippen LogP contribution in [0, 0.1) is 0 Å². The van der Waals surface area contributed by atoms with E-state index in [2.05, 4.69) is 4.72 Å². The van der Waals surface area contributed by atoms with Crippen LogP contribution in [0.1, 0.15) is 25.7 Å². The van der Waals surface area contributed by atoms with E-state index in [1.54, 1.807) is 42.3 Å². The molecule has 2 aliphatic heterocycles. The molecule has 2 heterocycles. The average molecular weight is 494 g/mol. The summed E-state index contributed by atoms with van der Waals surface area (Å²) in [6.07, 6.45) is 2.80. The van der Waals surface area contributed by atoms with Crippen LogP contribution in [-0.4, -0.2) is 75.5 Å². The zero-order chi connectivity index (χ0) is 23.6. The van der Waals surface area contributed by atoms with Crippen molar-refractivity contribution in [2.24, 2.45) is 0 Å². The van der Waals surface area contributed by atoms with Gasteiger partial charge in [0.2, 0.25) is 21.8 Å². The molecule has 2 aromatic carbocycles. The van der Waals surface area contributed by atoms with Crippen molar-refractivity contribution in [3.05, 3.63) is 41.4 Å². The number of nitrogens with zero attached hydrogens (tertiary/aromatic N) is 2. The van der Waals surface area contributed by atoms with Gasteiger partial charge < -0.3 is 14.5 Å². The van der Waals surface area contributed by atoms with Crippen molar-refractivity contribution in [2.75, 3.05) is 33.4 Å². The highest BCUT2D eigenvalue weighted by Crippen LogP contribution is 2.24. The predicted octanol–water partition coefficient (Wildman–Crippen LogP) is 2.40. The first kappa shape index (κ1) is 23.9. The van der Waals surface area contributed by atoms with Gasteiger partial charge in [-0.2, -0.15) is 4.72 Å². The number of nitrogens with one attached hydrogen (secondary N) is 1. The number of hydrogen-bond donors (Lipinski definition) is 1. The van der Waals surface area contributed by atoms with Gasteiger partial charge in [0.15, 0.2) is 0 Å². The number of rotatable bonds is 7. The lowest BCUT2D eigenvalue weighted by atomic mass is 10.1. The lowest BCUT2D eigenvalue weighted by Gasteiger charge is -2.34. The van der Waals surface area contributed by atoms with Crippen LogP contribution in [0.2, 0.25) is 5.02 Å². The Morgan fingerprint density at radius 1 is 1.12 bits per heavy atom. The normalized spacial score (nSPS) is 21.7. The maximum absolute atomic E-state index is 13.0. The van der Waals surface area contributed by atoms with E-state index in [-0.39, 0.29) is 29.3 Å². The van der Waals surface area contributed by atoms with Gasteiger partial charge in [0, 0.05) is 25.2 Å². The topological polar surface area (TPSA) is 96.0 Å². The Morgan fingerprint density at radius 3 is 2.64 bits per heavy atom. The summed E-state index contributed by atoms with van der Waals surface area (Å²) >= 11 is 6.00. The Balaban J connectivity index is 1.44. The molecule has 2 amide bonds. The molecule has 2 aromatic rings. The third-order valence-electron chi connectivity index (χ3n) is 6.29. The molecular formula is C23H28ClN3O5S. The number of carbonyl (C=O) groups excluding carboxylic acids is 2. The Kier molecular flexibility index (Phi) is 7.23. The van der Waals surface area contributed by atoms with E-state index in [4.69, 9.17) is 16.3 Å². The molecule has 0 saturated carbocycles. The number of amides is 2. The molecule has 2 saturated heterocycles. The summed E-state index contributed by atoms with van der Waals surface area (Å²) in [7, 11) is -2.31.